The Balaban J connectivity index is 1.62. The number of benzene rings is 2. The highest BCUT2D eigenvalue weighted by molar-refractivity contribution is 5.94. The van der Waals surface area contributed by atoms with Gasteiger partial charge >= 0.3 is 6.18 Å². The van der Waals surface area contributed by atoms with Gasteiger partial charge in [-0.1, -0.05) is 36.4 Å². The molecule has 1 aromatic heterocycles. The first-order valence-electron chi connectivity index (χ1n) is 9.52. The SMILES string of the molecule is Cn1ccnc1C(O)(CCNC(=O)c1cccc(OCc2ccccc2)c1)C(F)(F)F. The number of aromatic nitrogens is 2. The molecular formula is C22H22F3N3O3. The molecule has 6 nitrogen and oxygen atoms in total. The zero-order valence-corrected chi connectivity index (χ0v) is 16.8. The number of aryl methyl sites for hydroxylation is 1. The van der Waals surface area contributed by atoms with Gasteiger partial charge in [-0.2, -0.15) is 13.2 Å². The Morgan fingerprint density at radius 1 is 1.16 bits per heavy atom. The second-order valence-corrected chi connectivity index (χ2v) is 7.03. The minimum atomic E-state index is -4.96. The Bertz CT molecular complexity index is 1020. The molecule has 0 radical (unpaired) electrons. The van der Waals surface area contributed by atoms with Gasteiger partial charge in [-0.25, -0.2) is 4.98 Å². The van der Waals surface area contributed by atoms with Crippen molar-refractivity contribution in [3.63, 3.8) is 0 Å². The van der Waals surface area contributed by atoms with E-state index >= 15 is 0 Å². The molecule has 0 aliphatic carbocycles. The number of ether oxygens (including phenoxy) is 1. The van der Waals surface area contributed by atoms with Gasteiger partial charge in [0.05, 0.1) is 0 Å². The first kappa shape index (κ1) is 22.4. The number of carbonyl (C=O) groups excluding carboxylic acids is 1. The fourth-order valence-electron chi connectivity index (χ4n) is 3.07. The lowest BCUT2D eigenvalue weighted by molar-refractivity contribution is -0.272. The van der Waals surface area contributed by atoms with Crippen LogP contribution in [-0.2, 0) is 19.3 Å². The lowest BCUT2D eigenvalue weighted by Crippen LogP contribution is -2.46. The lowest BCUT2D eigenvalue weighted by Gasteiger charge is -2.30. The fourth-order valence-corrected chi connectivity index (χ4v) is 3.07. The van der Waals surface area contributed by atoms with Gasteiger partial charge in [0, 0.05) is 38.0 Å². The van der Waals surface area contributed by atoms with Crippen LogP contribution in [0.4, 0.5) is 13.2 Å². The van der Waals surface area contributed by atoms with Crippen LogP contribution in [0.1, 0.15) is 28.2 Å². The quantitative estimate of drug-likeness (QED) is 0.570. The Morgan fingerprint density at radius 3 is 2.55 bits per heavy atom. The molecule has 0 aliphatic heterocycles. The molecule has 0 aliphatic rings. The molecule has 1 amide bonds. The number of imidazole rings is 1. The number of nitrogens with zero attached hydrogens (tertiary/aromatic N) is 2. The Hall–Kier alpha value is -3.33. The number of rotatable bonds is 8. The third kappa shape index (κ3) is 5.24. The number of nitrogens with one attached hydrogen (secondary N) is 1. The molecule has 31 heavy (non-hydrogen) atoms. The minimum absolute atomic E-state index is 0.234. The second kappa shape index (κ2) is 9.22. The molecule has 3 rings (SSSR count). The van der Waals surface area contributed by atoms with Crippen LogP contribution in [0, 0.1) is 0 Å². The molecule has 0 bridgehead atoms. The number of aliphatic hydroxyl groups is 1. The summed E-state index contributed by atoms with van der Waals surface area (Å²) in [4.78, 5) is 16.0. The monoisotopic (exact) mass is 433 g/mol. The molecule has 2 N–H and O–H groups in total. The van der Waals surface area contributed by atoms with Crippen LogP contribution in [0.25, 0.3) is 0 Å². The standard InChI is InChI=1S/C22H22F3N3O3/c1-28-13-12-27-20(28)21(30,22(23,24)25)10-11-26-19(29)17-8-5-9-18(14-17)31-15-16-6-3-2-4-7-16/h2-9,12-14,30H,10-11,15H2,1H3,(H,26,29). The summed E-state index contributed by atoms with van der Waals surface area (Å²) in [6.45, 7) is -0.0923. The van der Waals surface area contributed by atoms with Crippen molar-refractivity contribution in [1.82, 2.24) is 14.9 Å². The van der Waals surface area contributed by atoms with Crippen LogP contribution in [0.5, 0.6) is 5.75 Å². The Kier molecular flexibility index (Phi) is 6.65. The number of alkyl halides is 3. The van der Waals surface area contributed by atoms with Crippen LogP contribution >= 0.6 is 0 Å². The van der Waals surface area contributed by atoms with Gasteiger partial charge in [0.15, 0.2) is 0 Å². The maximum Gasteiger partial charge on any atom is 0.424 e. The van der Waals surface area contributed by atoms with Crippen LogP contribution in [0.2, 0.25) is 0 Å². The predicted molar refractivity (Wildman–Crippen MR) is 107 cm³/mol. The van der Waals surface area contributed by atoms with Gasteiger partial charge in [-0.05, 0) is 23.8 Å². The van der Waals surface area contributed by atoms with E-state index in [-0.39, 0.29) is 5.56 Å². The normalized spacial score (nSPS) is 13.5. The zero-order chi connectivity index (χ0) is 22.5. The molecule has 1 heterocycles. The maximum absolute atomic E-state index is 13.5. The zero-order valence-electron chi connectivity index (χ0n) is 16.8. The van der Waals surface area contributed by atoms with Crippen molar-refractivity contribution < 1.29 is 27.8 Å². The van der Waals surface area contributed by atoms with Gasteiger partial charge < -0.3 is 19.7 Å². The van der Waals surface area contributed by atoms with Crippen molar-refractivity contribution in [1.29, 1.82) is 0 Å². The summed E-state index contributed by atoms with van der Waals surface area (Å²) in [6.07, 6.45) is -3.25. The summed E-state index contributed by atoms with van der Waals surface area (Å²) < 4.78 is 47.4. The number of amides is 1. The molecule has 2 aromatic carbocycles. The first-order valence-corrected chi connectivity index (χ1v) is 9.52. The van der Waals surface area contributed by atoms with E-state index in [1.807, 2.05) is 30.3 Å². The van der Waals surface area contributed by atoms with Crippen LogP contribution in [0.3, 0.4) is 0 Å². The predicted octanol–water partition coefficient (Wildman–Crippen LogP) is 3.57. The van der Waals surface area contributed by atoms with E-state index in [1.54, 1.807) is 12.1 Å². The van der Waals surface area contributed by atoms with E-state index < -0.39 is 36.5 Å². The molecule has 1 atom stereocenters. The van der Waals surface area contributed by atoms with E-state index in [0.717, 1.165) is 10.1 Å². The van der Waals surface area contributed by atoms with Gasteiger partial charge in [0.2, 0.25) is 5.60 Å². The van der Waals surface area contributed by atoms with Crippen molar-refractivity contribution in [3.8, 4) is 5.75 Å². The molecule has 0 spiro atoms. The summed E-state index contributed by atoms with van der Waals surface area (Å²) in [6, 6.07) is 15.8. The average molecular weight is 433 g/mol. The molecule has 1 unspecified atom stereocenters. The molecule has 0 saturated carbocycles. The number of carbonyl (C=O) groups is 1. The number of halogens is 3. The fraction of sp³-hybridized carbons (Fsp3) is 0.273. The largest absolute Gasteiger partial charge is 0.489 e. The van der Waals surface area contributed by atoms with Crippen molar-refractivity contribution in [2.45, 2.75) is 24.8 Å². The Labute approximate surface area is 177 Å². The third-order valence-electron chi connectivity index (χ3n) is 4.78. The van der Waals surface area contributed by atoms with E-state index in [2.05, 4.69) is 10.3 Å². The number of hydrogen-bond acceptors (Lipinski definition) is 4. The number of hydrogen-bond donors (Lipinski definition) is 2. The van der Waals surface area contributed by atoms with E-state index in [0.29, 0.717) is 12.4 Å². The maximum atomic E-state index is 13.5. The van der Waals surface area contributed by atoms with Gasteiger partial charge in [-0.3, -0.25) is 4.79 Å². The topological polar surface area (TPSA) is 76.4 Å². The minimum Gasteiger partial charge on any atom is -0.489 e. The molecule has 9 heteroatoms. The van der Waals surface area contributed by atoms with Gasteiger partial charge in [0.25, 0.3) is 5.91 Å². The highest BCUT2D eigenvalue weighted by Crippen LogP contribution is 2.40. The van der Waals surface area contributed by atoms with Crippen molar-refractivity contribution in [2.24, 2.45) is 7.05 Å². The second-order valence-electron chi connectivity index (χ2n) is 7.03. The molecule has 0 fully saturated rings. The van der Waals surface area contributed by atoms with E-state index in [4.69, 9.17) is 4.74 Å². The van der Waals surface area contributed by atoms with E-state index in [9.17, 15) is 23.1 Å². The van der Waals surface area contributed by atoms with Gasteiger partial charge in [-0.15, -0.1) is 0 Å². The van der Waals surface area contributed by atoms with Gasteiger partial charge in [0.1, 0.15) is 18.2 Å². The summed E-state index contributed by atoms with van der Waals surface area (Å²) in [5.74, 6) is -0.656. The highest BCUT2D eigenvalue weighted by Gasteiger charge is 2.57. The van der Waals surface area contributed by atoms with Crippen molar-refractivity contribution in [3.05, 3.63) is 83.9 Å². The molecule has 0 saturated heterocycles. The van der Waals surface area contributed by atoms with Crippen LogP contribution in [0.15, 0.2) is 67.0 Å². The summed E-state index contributed by atoms with van der Waals surface area (Å²) in [5, 5.41) is 12.7. The van der Waals surface area contributed by atoms with Crippen LogP contribution < -0.4 is 10.1 Å². The summed E-state index contributed by atoms with van der Waals surface area (Å²) >= 11 is 0. The smallest absolute Gasteiger partial charge is 0.424 e. The summed E-state index contributed by atoms with van der Waals surface area (Å²) in [7, 11) is 1.36. The molecule has 164 valence electrons. The van der Waals surface area contributed by atoms with E-state index in [1.165, 1.54) is 31.6 Å². The third-order valence-corrected chi connectivity index (χ3v) is 4.78. The first-order chi connectivity index (χ1) is 14.7. The van der Waals surface area contributed by atoms with Crippen LogP contribution in [-0.4, -0.2) is 33.3 Å². The van der Waals surface area contributed by atoms with Crippen molar-refractivity contribution >= 4 is 5.91 Å². The van der Waals surface area contributed by atoms with Crippen molar-refractivity contribution in [2.75, 3.05) is 6.54 Å². The molecular weight excluding hydrogens is 411 g/mol. The molecule has 3 aromatic rings. The average Bonchev–Trinajstić information content (AvgIpc) is 3.18. The Morgan fingerprint density at radius 2 is 1.90 bits per heavy atom. The summed E-state index contributed by atoms with van der Waals surface area (Å²) in [5.41, 5.74) is -1.99. The highest BCUT2D eigenvalue weighted by atomic mass is 19.4. The lowest BCUT2D eigenvalue weighted by atomic mass is 9.97.